The number of rotatable bonds is 4. The number of nitrogens with one attached hydrogen (secondary N) is 1. The first-order chi connectivity index (χ1) is 8.65. The van der Waals surface area contributed by atoms with Crippen molar-refractivity contribution < 1.29 is 14.3 Å². The van der Waals surface area contributed by atoms with Crippen LogP contribution in [0.25, 0.3) is 0 Å². The first kappa shape index (κ1) is 13.1. The van der Waals surface area contributed by atoms with E-state index >= 15 is 0 Å². The number of carbonyl (C=O) groups is 1. The summed E-state index contributed by atoms with van der Waals surface area (Å²) < 4.78 is 10.5. The summed E-state index contributed by atoms with van der Waals surface area (Å²) in [6, 6.07) is 4.91. The van der Waals surface area contributed by atoms with Crippen LogP contribution in [0.2, 0.25) is 5.02 Å². The lowest BCUT2D eigenvalue weighted by Gasteiger charge is -2.11. The molecule has 1 unspecified atom stereocenters. The number of halogens is 1. The highest BCUT2D eigenvalue weighted by Gasteiger charge is 2.17. The van der Waals surface area contributed by atoms with Crippen molar-refractivity contribution in [2.45, 2.75) is 12.5 Å². The van der Waals surface area contributed by atoms with Crippen molar-refractivity contribution in [1.29, 1.82) is 0 Å². The second kappa shape index (κ2) is 6.04. The van der Waals surface area contributed by atoms with Gasteiger partial charge in [-0.3, -0.25) is 4.79 Å². The smallest absolute Gasteiger partial charge is 0.250 e. The first-order valence-corrected chi connectivity index (χ1v) is 6.07. The van der Waals surface area contributed by atoms with Crippen LogP contribution in [-0.2, 0) is 14.3 Å². The molecule has 3 N–H and O–H groups in total. The molecule has 1 atom stereocenters. The number of benzene rings is 1. The average molecular weight is 271 g/mol. The Bertz CT molecular complexity index is 433. The quantitative estimate of drug-likeness (QED) is 0.816. The van der Waals surface area contributed by atoms with E-state index < -0.39 is 0 Å². The molecular weight excluding hydrogens is 256 g/mol. The van der Waals surface area contributed by atoms with Gasteiger partial charge >= 0.3 is 0 Å². The SMILES string of the molecule is Nc1ccc(Cl)cc1NC(=O)COC1CCOC1. The van der Waals surface area contributed by atoms with Crippen LogP contribution in [0, 0.1) is 0 Å². The zero-order valence-corrected chi connectivity index (χ0v) is 10.6. The predicted molar refractivity (Wildman–Crippen MR) is 69.7 cm³/mol. The maximum Gasteiger partial charge on any atom is 0.250 e. The number of ether oxygens (including phenoxy) is 2. The highest BCUT2D eigenvalue weighted by Crippen LogP contribution is 2.22. The minimum absolute atomic E-state index is 0.00691. The van der Waals surface area contributed by atoms with E-state index in [1.165, 1.54) is 0 Å². The minimum atomic E-state index is -0.254. The fourth-order valence-electron chi connectivity index (χ4n) is 1.66. The molecule has 1 heterocycles. The number of amides is 1. The van der Waals surface area contributed by atoms with E-state index in [1.807, 2.05) is 0 Å². The van der Waals surface area contributed by atoms with E-state index in [0.29, 0.717) is 29.6 Å². The highest BCUT2D eigenvalue weighted by molar-refractivity contribution is 6.31. The van der Waals surface area contributed by atoms with Crippen molar-refractivity contribution in [3.05, 3.63) is 23.2 Å². The molecule has 98 valence electrons. The molecule has 1 fully saturated rings. The number of anilines is 2. The van der Waals surface area contributed by atoms with Crippen LogP contribution in [0.1, 0.15) is 6.42 Å². The van der Waals surface area contributed by atoms with Crippen molar-refractivity contribution >= 4 is 28.9 Å². The molecule has 18 heavy (non-hydrogen) atoms. The summed E-state index contributed by atoms with van der Waals surface area (Å²) in [5.74, 6) is -0.254. The van der Waals surface area contributed by atoms with Gasteiger partial charge in [0.05, 0.1) is 24.1 Å². The molecule has 5 nitrogen and oxygen atoms in total. The number of carbonyl (C=O) groups excluding carboxylic acids is 1. The van der Waals surface area contributed by atoms with Crippen molar-refractivity contribution in [3.8, 4) is 0 Å². The Kier molecular flexibility index (Phi) is 4.41. The molecule has 0 aliphatic carbocycles. The molecule has 0 aromatic heterocycles. The predicted octanol–water partition coefficient (Wildman–Crippen LogP) is 1.67. The maximum atomic E-state index is 11.7. The molecule has 0 bridgehead atoms. The summed E-state index contributed by atoms with van der Waals surface area (Å²) in [7, 11) is 0. The Hall–Kier alpha value is -1.30. The van der Waals surface area contributed by atoms with Crippen LogP contribution < -0.4 is 11.1 Å². The zero-order chi connectivity index (χ0) is 13.0. The van der Waals surface area contributed by atoms with Crippen molar-refractivity contribution in [2.75, 3.05) is 30.9 Å². The summed E-state index contributed by atoms with van der Waals surface area (Å²) in [5.41, 5.74) is 6.69. The van der Waals surface area contributed by atoms with Gasteiger partial charge in [-0.25, -0.2) is 0 Å². The standard InChI is InChI=1S/C12H15ClN2O3/c13-8-1-2-10(14)11(5-8)15-12(16)7-18-9-3-4-17-6-9/h1-2,5,9H,3-4,6-7,14H2,(H,15,16). The molecule has 1 amide bonds. The van der Waals surface area contributed by atoms with Gasteiger partial charge < -0.3 is 20.5 Å². The van der Waals surface area contributed by atoms with Crippen molar-refractivity contribution in [3.63, 3.8) is 0 Å². The largest absolute Gasteiger partial charge is 0.397 e. The molecule has 1 aliphatic rings. The summed E-state index contributed by atoms with van der Waals surface area (Å²) in [4.78, 5) is 11.7. The number of nitrogens with two attached hydrogens (primary N) is 1. The van der Waals surface area contributed by atoms with E-state index in [2.05, 4.69) is 5.32 Å². The summed E-state index contributed by atoms with van der Waals surface area (Å²) in [6.07, 6.45) is 0.833. The topological polar surface area (TPSA) is 73.6 Å². The number of hydrogen-bond acceptors (Lipinski definition) is 4. The summed E-state index contributed by atoms with van der Waals surface area (Å²) >= 11 is 5.83. The fraction of sp³-hybridized carbons (Fsp3) is 0.417. The van der Waals surface area contributed by atoms with Gasteiger partial charge in [-0.1, -0.05) is 11.6 Å². The molecule has 2 rings (SSSR count). The lowest BCUT2D eigenvalue weighted by atomic mass is 10.2. The normalized spacial score (nSPS) is 18.8. The van der Waals surface area contributed by atoms with Gasteiger partial charge in [-0.15, -0.1) is 0 Å². The van der Waals surface area contributed by atoms with Crippen LogP contribution in [0.3, 0.4) is 0 Å². The molecule has 1 aliphatic heterocycles. The highest BCUT2D eigenvalue weighted by atomic mass is 35.5. The molecule has 1 aromatic rings. The zero-order valence-electron chi connectivity index (χ0n) is 9.82. The molecule has 1 aromatic carbocycles. The Balaban J connectivity index is 1.84. The maximum absolute atomic E-state index is 11.7. The third-order valence-electron chi connectivity index (χ3n) is 2.63. The van der Waals surface area contributed by atoms with Crippen LogP contribution >= 0.6 is 11.6 Å². The Morgan fingerprint density at radius 2 is 2.44 bits per heavy atom. The lowest BCUT2D eigenvalue weighted by molar-refractivity contribution is -0.122. The molecule has 0 radical (unpaired) electrons. The molecule has 6 heteroatoms. The summed E-state index contributed by atoms with van der Waals surface area (Å²) in [5, 5.41) is 3.18. The monoisotopic (exact) mass is 270 g/mol. The van der Waals surface area contributed by atoms with Gasteiger partial charge in [-0.2, -0.15) is 0 Å². The molecule has 0 saturated carbocycles. The number of hydrogen-bond donors (Lipinski definition) is 2. The van der Waals surface area contributed by atoms with Gasteiger partial charge in [0.15, 0.2) is 0 Å². The Labute approximate surface area is 110 Å². The van der Waals surface area contributed by atoms with Gasteiger partial charge in [0.1, 0.15) is 6.61 Å². The fourth-order valence-corrected chi connectivity index (χ4v) is 1.83. The van der Waals surface area contributed by atoms with Crippen molar-refractivity contribution in [2.24, 2.45) is 0 Å². The summed E-state index contributed by atoms with van der Waals surface area (Å²) in [6.45, 7) is 1.22. The van der Waals surface area contributed by atoms with Crippen LogP contribution in [0.5, 0.6) is 0 Å². The Morgan fingerprint density at radius 3 is 3.17 bits per heavy atom. The second-order valence-corrected chi connectivity index (χ2v) is 4.51. The van der Waals surface area contributed by atoms with Crippen LogP contribution in [-0.4, -0.2) is 31.8 Å². The van der Waals surface area contributed by atoms with E-state index in [-0.39, 0.29) is 18.6 Å². The third-order valence-corrected chi connectivity index (χ3v) is 2.86. The van der Waals surface area contributed by atoms with E-state index in [0.717, 1.165) is 6.42 Å². The minimum Gasteiger partial charge on any atom is -0.397 e. The second-order valence-electron chi connectivity index (χ2n) is 4.08. The van der Waals surface area contributed by atoms with Gasteiger partial charge in [-0.05, 0) is 24.6 Å². The third kappa shape index (κ3) is 3.60. The van der Waals surface area contributed by atoms with Crippen molar-refractivity contribution in [1.82, 2.24) is 0 Å². The van der Waals surface area contributed by atoms with Gasteiger partial charge in [0.25, 0.3) is 0 Å². The average Bonchev–Trinajstić information content (AvgIpc) is 2.84. The molecular formula is C12H15ClN2O3. The van der Waals surface area contributed by atoms with Crippen LogP contribution in [0.15, 0.2) is 18.2 Å². The van der Waals surface area contributed by atoms with E-state index in [4.69, 9.17) is 26.8 Å². The molecule has 0 spiro atoms. The van der Waals surface area contributed by atoms with E-state index in [1.54, 1.807) is 18.2 Å². The van der Waals surface area contributed by atoms with E-state index in [9.17, 15) is 4.79 Å². The van der Waals surface area contributed by atoms with Crippen LogP contribution in [0.4, 0.5) is 11.4 Å². The lowest BCUT2D eigenvalue weighted by Crippen LogP contribution is -2.23. The first-order valence-electron chi connectivity index (χ1n) is 5.69. The van der Waals surface area contributed by atoms with Gasteiger partial charge in [0, 0.05) is 11.6 Å². The number of nitrogen functional groups attached to an aromatic ring is 1. The molecule has 1 saturated heterocycles. The Morgan fingerprint density at radius 1 is 1.61 bits per heavy atom. The van der Waals surface area contributed by atoms with Gasteiger partial charge in [0.2, 0.25) is 5.91 Å².